The summed E-state index contributed by atoms with van der Waals surface area (Å²) in [6.07, 6.45) is -0.0591. The first-order valence-electron chi connectivity index (χ1n) is 7.15. The second-order valence-corrected chi connectivity index (χ2v) is 6.10. The van der Waals surface area contributed by atoms with Gasteiger partial charge in [0.2, 0.25) is 0 Å². The fourth-order valence-electron chi connectivity index (χ4n) is 2.05. The van der Waals surface area contributed by atoms with Gasteiger partial charge in [0.1, 0.15) is 0 Å². The van der Waals surface area contributed by atoms with Crippen molar-refractivity contribution in [2.45, 2.75) is 32.4 Å². The number of hydrogen-bond acceptors (Lipinski definition) is 4. The van der Waals surface area contributed by atoms with Gasteiger partial charge in [0.25, 0.3) is 5.91 Å². The molecule has 0 fully saturated rings. The first-order valence-corrected chi connectivity index (χ1v) is 8.03. The topological polar surface area (TPSA) is 55.4 Å². The zero-order chi connectivity index (χ0) is 15.9. The number of esters is 1. The van der Waals surface area contributed by atoms with Crippen LogP contribution < -0.4 is 5.32 Å². The molecule has 1 aromatic carbocycles. The monoisotopic (exact) mass is 317 g/mol. The van der Waals surface area contributed by atoms with Crippen molar-refractivity contribution in [3.05, 3.63) is 58.3 Å². The molecule has 0 radical (unpaired) electrons. The van der Waals surface area contributed by atoms with Gasteiger partial charge in [-0.2, -0.15) is 0 Å². The smallest absolute Gasteiger partial charge is 0.308 e. The van der Waals surface area contributed by atoms with Crippen molar-refractivity contribution in [2.75, 3.05) is 0 Å². The Bertz CT molecular complexity index is 608. The summed E-state index contributed by atoms with van der Waals surface area (Å²) >= 11 is 1.37. The van der Waals surface area contributed by atoms with Gasteiger partial charge in [-0.25, -0.2) is 0 Å². The molecule has 0 spiro atoms. The van der Waals surface area contributed by atoms with Crippen LogP contribution in [-0.4, -0.2) is 18.0 Å². The Morgan fingerprint density at radius 1 is 1.14 bits per heavy atom. The van der Waals surface area contributed by atoms with Gasteiger partial charge < -0.3 is 10.1 Å². The number of rotatable bonds is 6. The Kier molecular flexibility index (Phi) is 5.72. The number of ether oxygens (including phenoxy) is 1. The summed E-state index contributed by atoms with van der Waals surface area (Å²) in [5.41, 5.74) is 0.883. The third kappa shape index (κ3) is 4.70. The van der Waals surface area contributed by atoms with Crippen molar-refractivity contribution in [3.8, 4) is 0 Å². The van der Waals surface area contributed by atoms with E-state index in [0.29, 0.717) is 4.88 Å². The van der Waals surface area contributed by atoms with E-state index in [2.05, 4.69) is 5.32 Å². The molecule has 0 aliphatic rings. The van der Waals surface area contributed by atoms with E-state index in [1.807, 2.05) is 41.8 Å². The molecule has 4 nitrogen and oxygen atoms in total. The summed E-state index contributed by atoms with van der Waals surface area (Å²) in [4.78, 5) is 24.8. The maximum Gasteiger partial charge on any atom is 0.308 e. The number of thiophene rings is 1. The molecule has 116 valence electrons. The summed E-state index contributed by atoms with van der Waals surface area (Å²) in [6.45, 7) is 3.61. The Hall–Kier alpha value is -2.14. The van der Waals surface area contributed by atoms with Crippen LogP contribution in [0.25, 0.3) is 0 Å². The molecule has 1 N–H and O–H groups in total. The van der Waals surface area contributed by atoms with Crippen LogP contribution in [0.1, 0.15) is 41.5 Å². The summed E-state index contributed by atoms with van der Waals surface area (Å²) in [7, 11) is 0. The minimum Gasteiger partial charge on any atom is -0.463 e. The lowest BCUT2D eigenvalue weighted by Gasteiger charge is -2.19. The van der Waals surface area contributed by atoms with Crippen LogP contribution in [0, 0.1) is 0 Å². The highest BCUT2D eigenvalue weighted by atomic mass is 32.1. The normalized spacial score (nSPS) is 12.0. The fourth-order valence-corrected chi connectivity index (χ4v) is 2.68. The zero-order valence-corrected chi connectivity index (χ0v) is 13.4. The maximum atomic E-state index is 12.2. The molecule has 1 unspecified atom stereocenters. The second-order valence-electron chi connectivity index (χ2n) is 5.16. The average molecular weight is 317 g/mol. The third-order valence-electron chi connectivity index (χ3n) is 2.99. The van der Waals surface area contributed by atoms with Crippen molar-refractivity contribution in [2.24, 2.45) is 0 Å². The molecule has 1 heterocycles. The minimum atomic E-state index is -0.401. The van der Waals surface area contributed by atoms with Gasteiger partial charge in [0.15, 0.2) is 0 Å². The first-order chi connectivity index (χ1) is 10.6. The van der Waals surface area contributed by atoms with Crippen molar-refractivity contribution in [3.63, 3.8) is 0 Å². The molecule has 1 amide bonds. The molecular formula is C17H19NO3S. The largest absolute Gasteiger partial charge is 0.463 e. The molecule has 1 aromatic heterocycles. The predicted octanol–water partition coefficient (Wildman–Crippen LogP) is 3.56. The van der Waals surface area contributed by atoms with E-state index in [1.165, 1.54) is 11.3 Å². The van der Waals surface area contributed by atoms with E-state index in [-0.39, 0.29) is 24.4 Å². The van der Waals surface area contributed by atoms with Crippen molar-refractivity contribution in [1.82, 2.24) is 5.32 Å². The van der Waals surface area contributed by atoms with E-state index in [9.17, 15) is 9.59 Å². The van der Waals surface area contributed by atoms with E-state index in [4.69, 9.17) is 4.74 Å². The molecule has 0 aliphatic heterocycles. The maximum absolute atomic E-state index is 12.2. The Morgan fingerprint density at radius 3 is 2.45 bits per heavy atom. The van der Waals surface area contributed by atoms with Crippen molar-refractivity contribution >= 4 is 23.2 Å². The number of carbonyl (C=O) groups excluding carboxylic acids is 2. The lowest BCUT2D eigenvalue weighted by atomic mass is 10.0. The van der Waals surface area contributed by atoms with Gasteiger partial charge in [-0.15, -0.1) is 11.3 Å². The highest BCUT2D eigenvalue weighted by Gasteiger charge is 2.20. The molecule has 0 saturated heterocycles. The SMILES string of the molecule is CC(C)OC(=O)CC(NC(=O)c1cccs1)c1ccccc1. The van der Waals surface area contributed by atoms with Crippen LogP contribution in [0.3, 0.4) is 0 Å². The standard InChI is InChI=1S/C17H19NO3S/c1-12(2)21-16(19)11-14(13-7-4-3-5-8-13)18-17(20)15-9-6-10-22-15/h3-10,12,14H,11H2,1-2H3,(H,18,20). The Labute approximate surface area is 134 Å². The molecule has 22 heavy (non-hydrogen) atoms. The van der Waals surface area contributed by atoms with Crippen LogP contribution >= 0.6 is 11.3 Å². The Morgan fingerprint density at radius 2 is 1.86 bits per heavy atom. The van der Waals surface area contributed by atoms with Gasteiger partial charge in [0.05, 0.1) is 23.4 Å². The average Bonchev–Trinajstić information content (AvgIpc) is 3.01. The second kappa shape index (κ2) is 7.75. The van der Waals surface area contributed by atoms with Crippen molar-refractivity contribution < 1.29 is 14.3 Å². The van der Waals surface area contributed by atoms with Gasteiger partial charge >= 0.3 is 5.97 Å². The Balaban J connectivity index is 2.11. The predicted molar refractivity (Wildman–Crippen MR) is 86.8 cm³/mol. The van der Waals surface area contributed by atoms with Crippen molar-refractivity contribution in [1.29, 1.82) is 0 Å². The summed E-state index contributed by atoms with van der Waals surface area (Å²) in [5, 5.41) is 4.76. The van der Waals surface area contributed by atoms with Crippen LogP contribution in [0.15, 0.2) is 47.8 Å². The fraction of sp³-hybridized carbons (Fsp3) is 0.294. The van der Waals surface area contributed by atoms with Crippen LogP contribution in [-0.2, 0) is 9.53 Å². The lowest BCUT2D eigenvalue weighted by molar-refractivity contribution is -0.147. The van der Waals surface area contributed by atoms with Crippen LogP contribution in [0.2, 0.25) is 0 Å². The number of benzene rings is 1. The van der Waals surface area contributed by atoms with Gasteiger partial charge in [-0.3, -0.25) is 9.59 Å². The molecule has 5 heteroatoms. The first kappa shape index (κ1) is 16.2. The van der Waals surface area contributed by atoms with E-state index >= 15 is 0 Å². The molecule has 2 rings (SSSR count). The van der Waals surface area contributed by atoms with Gasteiger partial charge in [-0.05, 0) is 30.9 Å². The number of nitrogens with one attached hydrogen (secondary N) is 1. The highest BCUT2D eigenvalue weighted by Crippen LogP contribution is 2.19. The molecule has 2 aromatic rings. The van der Waals surface area contributed by atoms with E-state index < -0.39 is 6.04 Å². The van der Waals surface area contributed by atoms with Gasteiger partial charge in [-0.1, -0.05) is 36.4 Å². The molecular weight excluding hydrogens is 298 g/mol. The zero-order valence-electron chi connectivity index (χ0n) is 12.6. The van der Waals surface area contributed by atoms with Crippen LogP contribution in [0.5, 0.6) is 0 Å². The molecule has 0 saturated carbocycles. The number of amides is 1. The summed E-state index contributed by atoms with van der Waals surface area (Å²) < 4.78 is 5.19. The van der Waals surface area contributed by atoms with E-state index in [1.54, 1.807) is 19.9 Å². The minimum absolute atomic E-state index is 0.110. The third-order valence-corrected chi connectivity index (χ3v) is 3.86. The number of carbonyl (C=O) groups is 2. The molecule has 1 atom stereocenters. The lowest BCUT2D eigenvalue weighted by Crippen LogP contribution is -2.30. The quantitative estimate of drug-likeness (QED) is 0.829. The number of hydrogen-bond donors (Lipinski definition) is 1. The molecule has 0 bridgehead atoms. The summed E-state index contributed by atoms with van der Waals surface area (Å²) in [5.74, 6) is -0.503. The highest BCUT2D eigenvalue weighted by molar-refractivity contribution is 7.12. The van der Waals surface area contributed by atoms with E-state index in [0.717, 1.165) is 5.56 Å². The van der Waals surface area contributed by atoms with Gasteiger partial charge in [0, 0.05) is 0 Å². The van der Waals surface area contributed by atoms with Crippen LogP contribution in [0.4, 0.5) is 0 Å². The molecule has 0 aliphatic carbocycles. The summed E-state index contributed by atoms with van der Waals surface area (Å²) in [6, 6.07) is 12.6.